The van der Waals surface area contributed by atoms with Crippen molar-refractivity contribution in [3.8, 4) is 0 Å². The Kier molecular flexibility index (Phi) is 2.69. The SMILES string of the molecule is CC1C=CC2C3CCC(C)CC3C(C)(C)C2C1. The average Bonchev–Trinajstić information content (AvgIpc) is 2.49. The van der Waals surface area contributed by atoms with E-state index in [2.05, 4.69) is 39.8 Å². The van der Waals surface area contributed by atoms with Crippen LogP contribution in [0.25, 0.3) is 0 Å². The zero-order chi connectivity index (χ0) is 12.2. The maximum absolute atomic E-state index is 2.60. The van der Waals surface area contributed by atoms with Gasteiger partial charge < -0.3 is 0 Å². The third kappa shape index (κ3) is 1.71. The van der Waals surface area contributed by atoms with E-state index in [0.717, 1.165) is 35.5 Å². The summed E-state index contributed by atoms with van der Waals surface area (Å²) in [4.78, 5) is 0. The first kappa shape index (κ1) is 11.8. The molecule has 0 spiro atoms. The van der Waals surface area contributed by atoms with Gasteiger partial charge in [0.15, 0.2) is 0 Å². The van der Waals surface area contributed by atoms with Crippen molar-refractivity contribution < 1.29 is 0 Å². The van der Waals surface area contributed by atoms with E-state index < -0.39 is 0 Å². The van der Waals surface area contributed by atoms with E-state index in [4.69, 9.17) is 0 Å². The third-order valence-electron chi connectivity index (χ3n) is 6.32. The molecular weight excluding hydrogens is 204 g/mol. The van der Waals surface area contributed by atoms with Crippen LogP contribution in [0.3, 0.4) is 0 Å². The first-order valence-electron chi connectivity index (χ1n) is 7.68. The van der Waals surface area contributed by atoms with Gasteiger partial charge in [-0.15, -0.1) is 0 Å². The summed E-state index contributed by atoms with van der Waals surface area (Å²) in [6, 6.07) is 0. The molecule has 6 atom stereocenters. The van der Waals surface area contributed by atoms with Crippen LogP contribution in [-0.4, -0.2) is 0 Å². The van der Waals surface area contributed by atoms with Gasteiger partial charge in [-0.05, 0) is 60.2 Å². The van der Waals surface area contributed by atoms with E-state index in [1.165, 1.54) is 25.7 Å². The molecule has 0 aromatic heterocycles. The smallest absolute Gasteiger partial charge is 0.0168 e. The van der Waals surface area contributed by atoms with Crippen LogP contribution in [0.4, 0.5) is 0 Å². The van der Waals surface area contributed by atoms with Crippen LogP contribution < -0.4 is 0 Å². The third-order valence-corrected chi connectivity index (χ3v) is 6.32. The quantitative estimate of drug-likeness (QED) is 0.521. The van der Waals surface area contributed by atoms with E-state index in [0.29, 0.717) is 5.41 Å². The first-order chi connectivity index (χ1) is 8.00. The van der Waals surface area contributed by atoms with Crippen LogP contribution in [0.15, 0.2) is 12.2 Å². The predicted molar refractivity (Wildman–Crippen MR) is 73.7 cm³/mol. The van der Waals surface area contributed by atoms with Crippen LogP contribution >= 0.6 is 0 Å². The Labute approximate surface area is 107 Å². The summed E-state index contributed by atoms with van der Waals surface area (Å²) in [6.07, 6.45) is 11.0. The molecular formula is C17H28. The topological polar surface area (TPSA) is 0 Å². The highest BCUT2D eigenvalue weighted by molar-refractivity contribution is 5.13. The maximum Gasteiger partial charge on any atom is -0.0168 e. The van der Waals surface area contributed by atoms with E-state index in [-0.39, 0.29) is 0 Å². The van der Waals surface area contributed by atoms with E-state index in [1.807, 2.05) is 0 Å². The second-order valence-electron chi connectivity index (χ2n) is 7.79. The Morgan fingerprint density at radius 1 is 0.941 bits per heavy atom. The lowest BCUT2D eigenvalue weighted by Gasteiger charge is -2.39. The molecule has 0 aliphatic heterocycles. The van der Waals surface area contributed by atoms with Gasteiger partial charge in [0.25, 0.3) is 0 Å². The van der Waals surface area contributed by atoms with Gasteiger partial charge in [0, 0.05) is 0 Å². The summed E-state index contributed by atoms with van der Waals surface area (Å²) in [5.41, 5.74) is 0.586. The lowest BCUT2D eigenvalue weighted by molar-refractivity contribution is 0.104. The lowest BCUT2D eigenvalue weighted by Crippen LogP contribution is -2.31. The van der Waals surface area contributed by atoms with Crippen molar-refractivity contribution in [2.45, 2.75) is 53.4 Å². The molecule has 17 heavy (non-hydrogen) atoms. The van der Waals surface area contributed by atoms with Gasteiger partial charge in [0.2, 0.25) is 0 Å². The average molecular weight is 232 g/mol. The monoisotopic (exact) mass is 232 g/mol. The normalized spacial score (nSPS) is 52.0. The molecule has 0 N–H and O–H groups in total. The Morgan fingerprint density at radius 2 is 1.71 bits per heavy atom. The number of hydrogen-bond acceptors (Lipinski definition) is 0. The van der Waals surface area contributed by atoms with Crippen molar-refractivity contribution >= 4 is 0 Å². The van der Waals surface area contributed by atoms with Crippen LogP contribution in [0.1, 0.15) is 53.4 Å². The molecule has 3 aliphatic rings. The highest BCUT2D eigenvalue weighted by Crippen LogP contribution is 2.62. The van der Waals surface area contributed by atoms with Gasteiger partial charge in [-0.1, -0.05) is 46.3 Å². The summed E-state index contributed by atoms with van der Waals surface area (Å²) in [5, 5.41) is 0. The highest BCUT2D eigenvalue weighted by Gasteiger charge is 2.55. The minimum absolute atomic E-state index is 0.586. The molecule has 0 aromatic carbocycles. The van der Waals surface area contributed by atoms with E-state index in [9.17, 15) is 0 Å². The van der Waals surface area contributed by atoms with Gasteiger partial charge in [0.05, 0.1) is 0 Å². The van der Waals surface area contributed by atoms with Crippen molar-refractivity contribution in [3.63, 3.8) is 0 Å². The summed E-state index contributed by atoms with van der Waals surface area (Å²) in [6.45, 7) is 10.00. The van der Waals surface area contributed by atoms with Gasteiger partial charge in [-0.2, -0.15) is 0 Å². The molecule has 96 valence electrons. The summed E-state index contributed by atoms with van der Waals surface area (Å²) < 4.78 is 0. The molecule has 2 fully saturated rings. The van der Waals surface area contributed by atoms with Crippen molar-refractivity contribution in [1.82, 2.24) is 0 Å². The van der Waals surface area contributed by atoms with Gasteiger partial charge in [-0.25, -0.2) is 0 Å². The largest absolute Gasteiger partial charge is 0.0854 e. The van der Waals surface area contributed by atoms with Crippen molar-refractivity contribution in [3.05, 3.63) is 12.2 Å². The standard InChI is InChI=1S/C17H28/c1-11-5-7-13-14-8-6-12(2)10-16(14)17(3,4)15(13)9-11/h5,7,11-16H,6,8-10H2,1-4H3. The van der Waals surface area contributed by atoms with Gasteiger partial charge >= 0.3 is 0 Å². The maximum atomic E-state index is 2.60. The highest BCUT2D eigenvalue weighted by atomic mass is 14.6. The van der Waals surface area contributed by atoms with Gasteiger partial charge in [0.1, 0.15) is 0 Å². The van der Waals surface area contributed by atoms with Crippen LogP contribution in [0, 0.1) is 40.9 Å². The van der Waals surface area contributed by atoms with Crippen LogP contribution in [-0.2, 0) is 0 Å². The van der Waals surface area contributed by atoms with Crippen LogP contribution in [0.2, 0.25) is 0 Å². The van der Waals surface area contributed by atoms with E-state index >= 15 is 0 Å². The second kappa shape index (κ2) is 3.87. The molecule has 0 saturated heterocycles. The van der Waals surface area contributed by atoms with Crippen molar-refractivity contribution in [2.75, 3.05) is 0 Å². The molecule has 0 bridgehead atoms. The number of fused-ring (bicyclic) bond motifs is 3. The predicted octanol–water partition coefficient (Wildman–Crippen LogP) is 4.91. The minimum Gasteiger partial charge on any atom is -0.0854 e. The van der Waals surface area contributed by atoms with Crippen LogP contribution in [0.5, 0.6) is 0 Å². The Hall–Kier alpha value is -0.260. The molecule has 0 radical (unpaired) electrons. The summed E-state index contributed by atoms with van der Waals surface area (Å²) >= 11 is 0. The Balaban J connectivity index is 1.93. The molecule has 0 amide bonds. The van der Waals surface area contributed by atoms with Crippen molar-refractivity contribution in [2.24, 2.45) is 40.9 Å². The molecule has 0 nitrogen and oxygen atoms in total. The second-order valence-corrected chi connectivity index (χ2v) is 7.79. The van der Waals surface area contributed by atoms with Crippen molar-refractivity contribution in [1.29, 1.82) is 0 Å². The molecule has 0 aromatic rings. The summed E-state index contributed by atoms with van der Waals surface area (Å²) in [7, 11) is 0. The molecule has 3 aliphatic carbocycles. The number of rotatable bonds is 0. The molecule has 2 saturated carbocycles. The Bertz CT molecular complexity index is 325. The number of hydrogen-bond donors (Lipinski definition) is 0. The number of allylic oxidation sites excluding steroid dienone is 2. The van der Waals surface area contributed by atoms with E-state index in [1.54, 1.807) is 0 Å². The zero-order valence-electron chi connectivity index (χ0n) is 11.9. The Morgan fingerprint density at radius 3 is 2.47 bits per heavy atom. The zero-order valence-corrected chi connectivity index (χ0v) is 11.9. The lowest BCUT2D eigenvalue weighted by atomic mass is 9.66. The first-order valence-corrected chi connectivity index (χ1v) is 7.68. The molecule has 3 rings (SSSR count). The molecule has 6 unspecified atom stereocenters. The summed E-state index contributed by atoms with van der Waals surface area (Å²) in [5.74, 6) is 5.66. The minimum atomic E-state index is 0.586. The van der Waals surface area contributed by atoms with Gasteiger partial charge in [-0.3, -0.25) is 0 Å². The fourth-order valence-corrected chi connectivity index (χ4v) is 5.32. The molecule has 0 heteroatoms. The fraction of sp³-hybridized carbons (Fsp3) is 0.882. The fourth-order valence-electron chi connectivity index (χ4n) is 5.32. The molecule has 0 heterocycles.